The molecular formula is C21H38N8O. The van der Waals surface area contributed by atoms with Crippen LogP contribution in [0.1, 0.15) is 51.7 Å². The Morgan fingerprint density at radius 3 is 2.73 bits per heavy atom. The van der Waals surface area contributed by atoms with E-state index >= 15 is 0 Å². The highest BCUT2D eigenvalue weighted by Gasteiger charge is 2.28. The molecule has 1 amide bonds. The Morgan fingerprint density at radius 1 is 1.27 bits per heavy atom. The van der Waals surface area contributed by atoms with Crippen LogP contribution in [0, 0.1) is 12.8 Å². The van der Waals surface area contributed by atoms with Crippen LogP contribution in [0.25, 0.3) is 0 Å². The van der Waals surface area contributed by atoms with Crippen molar-refractivity contribution in [2.24, 2.45) is 18.0 Å². The number of nitrogens with zero attached hydrogens (tertiary/aromatic N) is 6. The fourth-order valence-corrected chi connectivity index (χ4v) is 4.28. The second kappa shape index (κ2) is 10.2. The minimum absolute atomic E-state index is 0.0385. The molecule has 2 fully saturated rings. The van der Waals surface area contributed by atoms with Gasteiger partial charge < -0.3 is 20.1 Å². The Labute approximate surface area is 180 Å². The standard InChI is InChI=1S/C21H38N8O/c1-6-28-10-7-8-18(28)12-22-21(23-13-19-26-25-16(4)27(19)5)24-17-9-11-29(14-17)20(30)15(2)3/h15,17-18H,6-14H2,1-5H3,(H2,22,23,24). The topological polar surface area (TPSA) is 90.7 Å². The summed E-state index contributed by atoms with van der Waals surface area (Å²) in [5.41, 5.74) is 0. The molecule has 2 atom stereocenters. The van der Waals surface area contributed by atoms with E-state index in [4.69, 9.17) is 4.99 Å². The minimum atomic E-state index is 0.0385. The normalized spacial score (nSPS) is 22.9. The van der Waals surface area contributed by atoms with E-state index in [0.29, 0.717) is 12.6 Å². The summed E-state index contributed by atoms with van der Waals surface area (Å²) < 4.78 is 1.97. The molecule has 0 bridgehead atoms. The largest absolute Gasteiger partial charge is 0.355 e. The molecule has 2 aliphatic heterocycles. The maximum atomic E-state index is 12.3. The fraction of sp³-hybridized carbons (Fsp3) is 0.810. The molecule has 0 radical (unpaired) electrons. The summed E-state index contributed by atoms with van der Waals surface area (Å²) >= 11 is 0. The maximum absolute atomic E-state index is 12.3. The number of aromatic nitrogens is 3. The Kier molecular flexibility index (Phi) is 7.69. The quantitative estimate of drug-likeness (QED) is 0.505. The first kappa shape index (κ1) is 22.5. The van der Waals surface area contributed by atoms with Crippen LogP contribution in [0.3, 0.4) is 0 Å². The molecule has 2 unspecified atom stereocenters. The van der Waals surface area contributed by atoms with Crippen LogP contribution in [0.5, 0.6) is 0 Å². The molecule has 3 rings (SSSR count). The summed E-state index contributed by atoms with van der Waals surface area (Å²) in [6.07, 6.45) is 3.41. The highest BCUT2D eigenvalue weighted by molar-refractivity contribution is 5.81. The van der Waals surface area contributed by atoms with Crippen molar-refractivity contribution >= 4 is 11.9 Å². The molecule has 2 N–H and O–H groups in total. The van der Waals surface area contributed by atoms with Crippen molar-refractivity contribution in [1.29, 1.82) is 0 Å². The number of amides is 1. The zero-order chi connectivity index (χ0) is 21.7. The molecule has 0 spiro atoms. The van der Waals surface area contributed by atoms with Gasteiger partial charge in [0.05, 0.1) is 0 Å². The zero-order valence-corrected chi connectivity index (χ0v) is 19.2. The number of carbonyl (C=O) groups excluding carboxylic acids is 1. The number of likely N-dealkylation sites (N-methyl/N-ethyl adjacent to an activating group) is 1. The monoisotopic (exact) mass is 418 g/mol. The Bertz CT molecular complexity index is 743. The average molecular weight is 419 g/mol. The summed E-state index contributed by atoms with van der Waals surface area (Å²) in [7, 11) is 1.96. The summed E-state index contributed by atoms with van der Waals surface area (Å²) in [5, 5.41) is 15.5. The van der Waals surface area contributed by atoms with Gasteiger partial charge in [0.1, 0.15) is 12.4 Å². The summed E-state index contributed by atoms with van der Waals surface area (Å²) in [5.74, 6) is 2.78. The third-order valence-corrected chi connectivity index (χ3v) is 6.31. The van der Waals surface area contributed by atoms with Crippen LogP contribution in [-0.2, 0) is 18.4 Å². The van der Waals surface area contributed by atoms with E-state index in [1.165, 1.54) is 19.4 Å². The molecule has 0 saturated carbocycles. The second-order valence-corrected chi connectivity index (χ2v) is 8.76. The van der Waals surface area contributed by atoms with Crippen molar-refractivity contribution < 1.29 is 4.79 Å². The van der Waals surface area contributed by atoms with Crippen LogP contribution in [0.15, 0.2) is 4.99 Å². The van der Waals surface area contributed by atoms with Crippen LogP contribution in [0.2, 0.25) is 0 Å². The number of hydrogen-bond acceptors (Lipinski definition) is 5. The zero-order valence-electron chi connectivity index (χ0n) is 19.2. The Hall–Kier alpha value is -2.16. The minimum Gasteiger partial charge on any atom is -0.355 e. The molecule has 30 heavy (non-hydrogen) atoms. The van der Waals surface area contributed by atoms with Gasteiger partial charge in [-0.2, -0.15) is 0 Å². The van der Waals surface area contributed by atoms with Gasteiger partial charge in [-0.05, 0) is 39.3 Å². The van der Waals surface area contributed by atoms with Gasteiger partial charge in [-0.25, -0.2) is 4.99 Å². The molecule has 3 heterocycles. The number of nitrogens with one attached hydrogen (secondary N) is 2. The van der Waals surface area contributed by atoms with Crippen molar-refractivity contribution in [3.63, 3.8) is 0 Å². The van der Waals surface area contributed by atoms with Crippen molar-refractivity contribution in [3.8, 4) is 0 Å². The average Bonchev–Trinajstić information content (AvgIpc) is 3.45. The molecule has 0 aromatic carbocycles. The van der Waals surface area contributed by atoms with Crippen molar-refractivity contribution in [1.82, 2.24) is 35.2 Å². The number of rotatable bonds is 7. The molecule has 9 nitrogen and oxygen atoms in total. The maximum Gasteiger partial charge on any atom is 0.225 e. The van der Waals surface area contributed by atoms with E-state index in [1.54, 1.807) is 0 Å². The molecule has 1 aromatic rings. The lowest BCUT2D eigenvalue weighted by atomic mass is 10.2. The van der Waals surface area contributed by atoms with Crippen molar-refractivity contribution in [2.75, 3.05) is 32.7 Å². The van der Waals surface area contributed by atoms with E-state index in [9.17, 15) is 4.79 Å². The van der Waals surface area contributed by atoms with Gasteiger partial charge >= 0.3 is 0 Å². The number of hydrogen-bond donors (Lipinski definition) is 2. The van der Waals surface area contributed by atoms with Gasteiger partial charge in [0, 0.05) is 44.7 Å². The van der Waals surface area contributed by atoms with Crippen molar-refractivity contribution in [3.05, 3.63) is 11.6 Å². The molecule has 2 saturated heterocycles. The molecular weight excluding hydrogens is 380 g/mol. The SMILES string of the molecule is CCN1CCCC1CNC(=NCc1nnc(C)n1C)NC1CCN(C(=O)C(C)C)C1. The summed E-state index contributed by atoms with van der Waals surface area (Å²) in [6.45, 7) is 13.2. The van der Waals surface area contributed by atoms with Gasteiger partial charge in [-0.3, -0.25) is 9.69 Å². The first-order valence-electron chi connectivity index (χ1n) is 11.3. The first-order chi connectivity index (χ1) is 14.4. The second-order valence-electron chi connectivity index (χ2n) is 8.76. The van der Waals surface area contributed by atoms with Crippen LogP contribution < -0.4 is 10.6 Å². The molecule has 9 heteroatoms. The molecule has 2 aliphatic rings. The van der Waals surface area contributed by atoms with Gasteiger partial charge in [0.25, 0.3) is 0 Å². The van der Waals surface area contributed by atoms with Crippen LogP contribution in [0.4, 0.5) is 0 Å². The number of aliphatic imine (C=N–C) groups is 1. The Morgan fingerprint density at radius 2 is 2.07 bits per heavy atom. The molecule has 0 aliphatic carbocycles. The van der Waals surface area contributed by atoms with Gasteiger partial charge in [0.15, 0.2) is 11.8 Å². The van der Waals surface area contributed by atoms with E-state index in [-0.39, 0.29) is 17.9 Å². The summed E-state index contributed by atoms with van der Waals surface area (Å²) in [6, 6.07) is 0.757. The number of aryl methyl sites for hydroxylation is 1. The van der Waals surface area contributed by atoms with E-state index in [0.717, 1.165) is 50.2 Å². The predicted molar refractivity (Wildman–Crippen MR) is 118 cm³/mol. The third kappa shape index (κ3) is 5.50. The fourth-order valence-electron chi connectivity index (χ4n) is 4.28. The van der Waals surface area contributed by atoms with E-state index in [1.807, 2.05) is 37.3 Å². The smallest absolute Gasteiger partial charge is 0.225 e. The van der Waals surface area contributed by atoms with Gasteiger partial charge in [-0.1, -0.05) is 20.8 Å². The predicted octanol–water partition coefficient (Wildman–Crippen LogP) is 0.900. The van der Waals surface area contributed by atoms with Gasteiger partial charge in [-0.15, -0.1) is 10.2 Å². The van der Waals surface area contributed by atoms with Crippen molar-refractivity contribution in [2.45, 2.75) is 65.6 Å². The van der Waals surface area contributed by atoms with Gasteiger partial charge in [0.2, 0.25) is 5.91 Å². The Balaban J connectivity index is 1.63. The lowest BCUT2D eigenvalue weighted by molar-refractivity contribution is -0.133. The van der Waals surface area contributed by atoms with Crippen LogP contribution >= 0.6 is 0 Å². The molecule has 168 valence electrons. The lowest BCUT2D eigenvalue weighted by Crippen LogP contribution is -2.49. The first-order valence-corrected chi connectivity index (χ1v) is 11.3. The highest BCUT2D eigenvalue weighted by atomic mass is 16.2. The summed E-state index contributed by atoms with van der Waals surface area (Å²) in [4.78, 5) is 21.6. The lowest BCUT2D eigenvalue weighted by Gasteiger charge is -2.25. The number of carbonyl (C=O) groups is 1. The third-order valence-electron chi connectivity index (χ3n) is 6.31. The van der Waals surface area contributed by atoms with Crippen LogP contribution in [-0.4, -0.2) is 81.2 Å². The molecule has 1 aromatic heterocycles. The number of likely N-dealkylation sites (tertiary alicyclic amines) is 2. The number of guanidine groups is 1. The van der Waals surface area contributed by atoms with E-state index < -0.39 is 0 Å². The van der Waals surface area contributed by atoms with E-state index in [2.05, 4.69) is 32.7 Å². The highest BCUT2D eigenvalue weighted by Crippen LogP contribution is 2.16.